The Labute approximate surface area is 102 Å². The van der Waals surface area contributed by atoms with Gasteiger partial charge in [0.2, 0.25) is 0 Å². The van der Waals surface area contributed by atoms with Crippen LogP contribution in [0, 0.1) is 0 Å². The highest BCUT2D eigenvalue weighted by molar-refractivity contribution is 7.09. The minimum absolute atomic E-state index is 0.728. The number of hydrogen-bond acceptors (Lipinski definition) is 3. The molecule has 0 bridgehead atoms. The van der Waals surface area contributed by atoms with E-state index < -0.39 is 0 Å². The standard InChI is InChI=1S/C13H22N2S/c1-3-4-13-15-12(9-16-13)10-5-7-11(14-2)8-6-10/h9-11,14H,3-8H2,1-2H3. The Kier molecular flexibility index (Phi) is 4.36. The van der Waals surface area contributed by atoms with Crippen molar-refractivity contribution in [1.29, 1.82) is 0 Å². The number of nitrogens with one attached hydrogen (secondary N) is 1. The molecule has 0 spiro atoms. The fraction of sp³-hybridized carbons (Fsp3) is 0.769. The van der Waals surface area contributed by atoms with Crippen molar-refractivity contribution in [2.75, 3.05) is 7.05 Å². The molecule has 0 aliphatic heterocycles. The first-order valence-corrected chi connectivity index (χ1v) is 7.33. The monoisotopic (exact) mass is 238 g/mol. The molecule has 1 aliphatic carbocycles. The maximum Gasteiger partial charge on any atom is 0.0928 e. The first-order valence-electron chi connectivity index (χ1n) is 6.45. The number of thiazole rings is 1. The van der Waals surface area contributed by atoms with Gasteiger partial charge in [-0.3, -0.25) is 0 Å². The molecule has 1 heterocycles. The highest BCUT2D eigenvalue weighted by Gasteiger charge is 2.22. The Bertz CT molecular complexity index is 313. The average Bonchev–Trinajstić information content (AvgIpc) is 2.78. The zero-order valence-corrected chi connectivity index (χ0v) is 11.1. The summed E-state index contributed by atoms with van der Waals surface area (Å²) < 4.78 is 0. The van der Waals surface area contributed by atoms with E-state index in [2.05, 4.69) is 24.7 Å². The van der Waals surface area contributed by atoms with Gasteiger partial charge in [0.05, 0.1) is 10.7 Å². The summed E-state index contributed by atoms with van der Waals surface area (Å²) in [5.74, 6) is 0.728. The quantitative estimate of drug-likeness (QED) is 0.870. The fourth-order valence-electron chi connectivity index (χ4n) is 2.52. The molecule has 1 fully saturated rings. The Balaban J connectivity index is 1.92. The molecule has 1 aromatic heterocycles. The van der Waals surface area contributed by atoms with E-state index in [1.165, 1.54) is 42.8 Å². The summed E-state index contributed by atoms with van der Waals surface area (Å²) >= 11 is 1.85. The number of hydrogen-bond donors (Lipinski definition) is 1. The number of aromatic nitrogens is 1. The van der Waals surface area contributed by atoms with E-state index >= 15 is 0 Å². The lowest BCUT2D eigenvalue weighted by molar-refractivity contribution is 0.355. The molecule has 0 saturated heterocycles. The van der Waals surface area contributed by atoms with Crippen LogP contribution in [0.1, 0.15) is 55.6 Å². The zero-order chi connectivity index (χ0) is 11.4. The summed E-state index contributed by atoms with van der Waals surface area (Å²) in [6.07, 6.45) is 7.58. The average molecular weight is 238 g/mol. The molecule has 16 heavy (non-hydrogen) atoms. The van der Waals surface area contributed by atoms with Crippen LogP contribution in [0.25, 0.3) is 0 Å². The Morgan fingerprint density at radius 2 is 2.12 bits per heavy atom. The summed E-state index contributed by atoms with van der Waals surface area (Å²) in [7, 11) is 2.08. The van der Waals surface area contributed by atoms with Gasteiger partial charge in [0.1, 0.15) is 0 Å². The van der Waals surface area contributed by atoms with Crippen LogP contribution in [-0.4, -0.2) is 18.1 Å². The second kappa shape index (κ2) is 5.78. The summed E-state index contributed by atoms with van der Waals surface area (Å²) in [5, 5.41) is 7.00. The Morgan fingerprint density at radius 3 is 2.75 bits per heavy atom. The fourth-order valence-corrected chi connectivity index (χ4v) is 3.50. The van der Waals surface area contributed by atoms with E-state index in [1.54, 1.807) is 0 Å². The maximum absolute atomic E-state index is 4.77. The largest absolute Gasteiger partial charge is 0.317 e. The molecule has 0 amide bonds. The lowest BCUT2D eigenvalue weighted by Gasteiger charge is -2.27. The second-order valence-electron chi connectivity index (χ2n) is 4.75. The predicted molar refractivity (Wildman–Crippen MR) is 70.2 cm³/mol. The van der Waals surface area contributed by atoms with Crippen molar-refractivity contribution in [2.24, 2.45) is 0 Å². The van der Waals surface area contributed by atoms with E-state index in [9.17, 15) is 0 Å². The van der Waals surface area contributed by atoms with Gasteiger partial charge in [0.25, 0.3) is 0 Å². The van der Waals surface area contributed by atoms with Crippen LogP contribution < -0.4 is 5.32 Å². The van der Waals surface area contributed by atoms with Crippen molar-refractivity contribution in [3.8, 4) is 0 Å². The molecule has 3 heteroatoms. The van der Waals surface area contributed by atoms with Crippen LogP contribution in [-0.2, 0) is 6.42 Å². The summed E-state index contributed by atoms with van der Waals surface area (Å²) in [5.41, 5.74) is 1.36. The van der Waals surface area contributed by atoms with Crippen LogP contribution >= 0.6 is 11.3 Å². The van der Waals surface area contributed by atoms with Gasteiger partial charge >= 0.3 is 0 Å². The number of aryl methyl sites for hydroxylation is 1. The molecule has 1 N–H and O–H groups in total. The first-order chi connectivity index (χ1) is 7.83. The van der Waals surface area contributed by atoms with Crippen molar-refractivity contribution < 1.29 is 0 Å². The topological polar surface area (TPSA) is 24.9 Å². The lowest BCUT2D eigenvalue weighted by atomic mass is 9.84. The van der Waals surface area contributed by atoms with Crippen molar-refractivity contribution >= 4 is 11.3 Å². The molecule has 0 aromatic carbocycles. The van der Waals surface area contributed by atoms with Crippen LogP contribution in [0.2, 0.25) is 0 Å². The summed E-state index contributed by atoms with van der Waals surface area (Å²) in [4.78, 5) is 4.77. The normalized spacial score (nSPS) is 25.9. The zero-order valence-electron chi connectivity index (χ0n) is 10.3. The van der Waals surface area contributed by atoms with E-state index in [0.717, 1.165) is 18.4 Å². The third kappa shape index (κ3) is 2.83. The smallest absolute Gasteiger partial charge is 0.0928 e. The molecular weight excluding hydrogens is 216 g/mol. The van der Waals surface area contributed by atoms with Gasteiger partial charge in [0.15, 0.2) is 0 Å². The van der Waals surface area contributed by atoms with Gasteiger partial charge in [-0.25, -0.2) is 4.98 Å². The van der Waals surface area contributed by atoms with Gasteiger partial charge in [-0.1, -0.05) is 6.92 Å². The van der Waals surface area contributed by atoms with E-state index in [4.69, 9.17) is 4.98 Å². The van der Waals surface area contributed by atoms with Crippen LogP contribution in [0.15, 0.2) is 5.38 Å². The first kappa shape index (κ1) is 12.1. The molecule has 2 nitrogen and oxygen atoms in total. The minimum Gasteiger partial charge on any atom is -0.317 e. The minimum atomic E-state index is 0.728. The molecule has 1 saturated carbocycles. The van der Waals surface area contributed by atoms with Gasteiger partial charge in [-0.05, 0) is 45.6 Å². The highest BCUT2D eigenvalue weighted by Crippen LogP contribution is 2.33. The van der Waals surface area contributed by atoms with Crippen molar-refractivity contribution in [3.05, 3.63) is 16.1 Å². The molecule has 0 unspecified atom stereocenters. The molecule has 1 aliphatic rings. The third-order valence-electron chi connectivity index (χ3n) is 3.59. The predicted octanol–water partition coefficient (Wildman–Crippen LogP) is 3.34. The highest BCUT2D eigenvalue weighted by atomic mass is 32.1. The molecule has 0 radical (unpaired) electrons. The Morgan fingerprint density at radius 1 is 1.38 bits per heavy atom. The van der Waals surface area contributed by atoms with Crippen molar-refractivity contribution in [3.63, 3.8) is 0 Å². The van der Waals surface area contributed by atoms with Gasteiger partial charge in [-0.15, -0.1) is 11.3 Å². The van der Waals surface area contributed by atoms with E-state index in [0.29, 0.717) is 0 Å². The molecule has 2 rings (SSSR count). The third-order valence-corrected chi connectivity index (χ3v) is 4.51. The van der Waals surface area contributed by atoms with Gasteiger partial charge in [0, 0.05) is 17.3 Å². The number of nitrogens with zero attached hydrogens (tertiary/aromatic N) is 1. The summed E-state index contributed by atoms with van der Waals surface area (Å²) in [6.45, 7) is 2.22. The van der Waals surface area contributed by atoms with Gasteiger partial charge < -0.3 is 5.32 Å². The Hall–Kier alpha value is -0.410. The summed E-state index contributed by atoms with van der Waals surface area (Å²) in [6, 6.07) is 0.741. The molecule has 90 valence electrons. The van der Waals surface area contributed by atoms with Crippen LogP contribution in [0.4, 0.5) is 0 Å². The van der Waals surface area contributed by atoms with E-state index in [1.807, 2.05) is 11.3 Å². The number of rotatable bonds is 4. The van der Waals surface area contributed by atoms with Crippen molar-refractivity contribution in [1.82, 2.24) is 10.3 Å². The van der Waals surface area contributed by atoms with Crippen LogP contribution in [0.5, 0.6) is 0 Å². The SMILES string of the molecule is CCCc1nc(C2CCC(NC)CC2)cs1. The molecule has 1 aromatic rings. The van der Waals surface area contributed by atoms with Crippen LogP contribution in [0.3, 0.4) is 0 Å². The maximum atomic E-state index is 4.77. The van der Waals surface area contributed by atoms with Gasteiger partial charge in [-0.2, -0.15) is 0 Å². The molecular formula is C13H22N2S. The molecule has 0 atom stereocenters. The second-order valence-corrected chi connectivity index (χ2v) is 5.70. The van der Waals surface area contributed by atoms with Crippen molar-refractivity contribution in [2.45, 2.75) is 57.4 Å². The lowest BCUT2D eigenvalue weighted by Crippen LogP contribution is -2.29. The van der Waals surface area contributed by atoms with E-state index in [-0.39, 0.29) is 0 Å².